The third-order valence-corrected chi connectivity index (χ3v) is 2.63. The van der Waals surface area contributed by atoms with E-state index in [2.05, 4.69) is 38.0 Å². The lowest BCUT2D eigenvalue weighted by Gasteiger charge is -2.25. The van der Waals surface area contributed by atoms with Crippen molar-refractivity contribution < 1.29 is 0 Å². The first-order valence-corrected chi connectivity index (χ1v) is 5.67. The molecule has 0 aromatic rings. The number of hydrogen-bond acceptors (Lipinski definition) is 2. The smallest absolute Gasteiger partial charge is 0.0107 e. The summed E-state index contributed by atoms with van der Waals surface area (Å²) in [5, 5.41) is 3.43. The van der Waals surface area contributed by atoms with E-state index in [1.807, 2.05) is 0 Å². The Bertz CT molecular complexity index is 100. The topological polar surface area (TPSA) is 15.3 Å². The van der Waals surface area contributed by atoms with E-state index in [9.17, 15) is 0 Å². The summed E-state index contributed by atoms with van der Waals surface area (Å²) in [6, 6.07) is 0.767. The van der Waals surface area contributed by atoms with Gasteiger partial charge in [0.15, 0.2) is 0 Å². The maximum atomic E-state index is 3.43. The molecular formula is C11H26N2. The highest BCUT2D eigenvalue weighted by molar-refractivity contribution is 4.65. The van der Waals surface area contributed by atoms with Gasteiger partial charge in [0.05, 0.1) is 0 Å². The molecule has 0 aliphatic rings. The quantitative estimate of drug-likeness (QED) is 0.584. The van der Waals surface area contributed by atoms with Gasteiger partial charge in [-0.25, -0.2) is 0 Å². The van der Waals surface area contributed by atoms with Gasteiger partial charge in [-0.1, -0.05) is 20.8 Å². The fourth-order valence-electron chi connectivity index (χ4n) is 1.65. The van der Waals surface area contributed by atoms with Gasteiger partial charge in [-0.15, -0.1) is 0 Å². The molecule has 0 radical (unpaired) electrons. The summed E-state index contributed by atoms with van der Waals surface area (Å²) >= 11 is 0. The normalized spacial score (nSPS) is 11.5. The largest absolute Gasteiger partial charge is 0.315 e. The number of likely N-dealkylation sites (N-methyl/N-ethyl adjacent to an activating group) is 1. The summed E-state index contributed by atoms with van der Waals surface area (Å²) in [5.74, 6) is 0. The lowest BCUT2D eigenvalue weighted by Crippen LogP contribution is -2.36. The summed E-state index contributed by atoms with van der Waals surface area (Å²) in [6.45, 7) is 10.2. The second-order valence-corrected chi connectivity index (χ2v) is 3.70. The fourth-order valence-corrected chi connectivity index (χ4v) is 1.65. The van der Waals surface area contributed by atoms with Crippen molar-refractivity contribution in [3.05, 3.63) is 0 Å². The lowest BCUT2D eigenvalue weighted by atomic mass is 10.1. The minimum absolute atomic E-state index is 0.767. The maximum absolute atomic E-state index is 3.43. The van der Waals surface area contributed by atoms with Crippen molar-refractivity contribution in [3.8, 4) is 0 Å². The van der Waals surface area contributed by atoms with Crippen LogP contribution in [0.5, 0.6) is 0 Å². The molecule has 0 saturated carbocycles. The Morgan fingerprint density at radius 2 is 1.69 bits per heavy atom. The van der Waals surface area contributed by atoms with Gasteiger partial charge in [0, 0.05) is 19.1 Å². The van der Waals surface area contributed by atoms with Crippen LogP contribution >= 0.6 is 0 Å². The molecule has 0 fully saturated rings. The zero-order valence-corrected chi connectivity index (χ0v) is 9.77. The van der Waals surface area contributed by atoms with Gasteiger partial charge < -0.3 is 10.2 Å². The molecular weight excluding hydrogens is 160 g/mol. The van der Waals surface area contributed by atoms with Crippen LogP contribution in [0.15, 0.2) is 0 Å². The van der Waals surface area contributed by atoms with Crippen molar-refractivity contribution in [3.63, 3.8) is 0 Å². The first-order chi connectivity index (χ1) is 6.26. The Hall–Kier alpha value is -0.0800. The molecule has 0 atom stereocenters. The second-order valence-electron chi connectivity index (χ2n) is 3.70. The zero-order chi connectivity index (χ0) is 10.1. The van der Waals surface area contributed by atoms with E-state index in [0.29, 0.717) is 0 Å². The summed E-state index contributed by atoms with van der Waals surface area (Å²) in [5.41, 5.74) is 0. The van der Waals surface area contributed by atoms with Crippen molar-refractivity contribution in [1.29, 1.82) is 0 Å². The van der Waals surface area contributed by atoms with Crippen LogP contribution in [0.25, 0.3) is 0 Å². The maximum Gasteiger partial charge on any atom is 0.0107 e. The highest BCUT2D eigenvalue weighted by Gasteiger charge is 2.08. The van der Waals surface area contributed by atoms with Crippen LogP contribution in [0.2, 0.25) is 0 Å². The Morgan fingerprint density at radius 1 is 1.08 bits per heavy atom. The Morgan fingerprint density at radius 3 is 2.15 bits per heavy atom. The molecule has 0 aromatic heterocycles. The first-order valence-electron chi connectivity index (χ1n) is 5.67. The minimum atomic E-state index is 0.767. The SMILES string of the molecule is CCCNCCN(C)C(CC)CC. The third kappa shape index (κ3) is 6.05. The van der Waals surface area contributed by atoms with Crippen molar-refractivity contribution in [2.75, 3.05) is 26.7 Å². The molecule has 0 amide bonds. The molecule has 0 saturated heterocycles. The number of nitrogens with one attached hydrogen (secondary N) is 1. The van der Waals surface area contributed by atoms with Crippen LogP contribution in [0.3, 0.4) is 0 Å². The molecule has 2 nitrogen and oxygen atoms in total. The average Bonchev–Trinajstić information content (AvgIpc) is 2.14. The molecule has 0 rings (SSSR count). The minimum Gasteiger partial charge on any atom is -0.315 e. The average molecular weight is 186 g/mol. The summed E-state index contributed by atoms with van der Waals surface area (Å²) in [7, 11) is 2.23. The predicted octanol–water partition coefficient (Wildman–Crippen LogP) is 2.11. The predicted molar refractivity (Wildman–Crippen MR) is 60.2 cm³/mol. The van der Waals surface area contributed by atoms with Gasteiger partial charge in [0.1, 0.15) is 0 Å². The van der Waals surface area contributed by atoms with Gasteiger partial charge in [-0.3, -0.25) is 0 Å². The van der Waals surface area contributed by atoms with E-state index in [1.165, 1.54) is 25.8 Å². The molecule has 0 unspecified atom stereocenters. The van der Waals surface area contributed by atoms with Crippen molar-refractivity contribution in [1.82, 2.24) is 10.2 Å². The van der Waals surface area contributed by atoms with Crippen LogP contribution in [0.4, 0.5) is 0 Å². The van der Waals surface area contributed by atoms with Gasteiger partial charge in [-0.2, -0.15) is 0 Å². The zero-order valence-electron chi connectivity index (χ0n) is 9.77. The van der Waals surface area contributed by atoms with Gasteiger partial charge in [0.2, 0.25) is 0 Å². The summed E-state index contributed by atoms with van der Waals surface area (Å²) in [4.78, 5) is 2.46. The van der Waals surface area contributed by atoms with Gasteiger partial charge in [-0.05, 0) is 32.9 Å². The van der Waals surface area contributed by atoms with Crippen LogP contribution in [-0.4, -0.2) is 37.6 Å². The number of rotatable bonds is 8. The Kier molecular flexibility index (Phi) is 8.46. The van der Waals surface area contributed by atoms with E-state index >= 15 is 0 Å². The van der Waals surface area contributed by atoms with Crippen LogP contribution in [0.1, 0.15) is 40.0 Å². The van der Waals surface area contributed by atoms with Gasteiger partial charge >= 0.3 is 0 Å². The van der Waals surface area contributed by atoms with Crippen LogP contribution in [-0.2, 0) is 0 Å². The molecule has 2 heteroatoms. The number of hydrogen-bond donors (Lipinski definition) is 1. The molecule has 0 spiro atoms. The highest BCUT2D eigenvalue weighted by atomic mass is 15.1. The third-order valence-electron chi connectivity index (χ3n) is 2.63. The van der Waals surface area contributed by atoms with Crippen molar-refractivity contribution >= 4 is 0 Å². The molecule has 0 aliphatic heterocycles. The van der Waals surface area contributed by atoms with Gasteiger partial charge in [0.25, 0.3) is 0 Å². The molecule has 0 aromatic carbocycles. The second kappa shape index (κ2) is 8.52. The van der Waals surface area contributed by atoms with E-state index in [1.54, 1.807) is 0 Å². The fraction of sp³-hybridized carbons (Fsp3) is 1.00. The lowest BCUT2D eigenvalue weighted by molar-refractivity contribution is 0.230. The number of nitrogens with zero attached hydrogens (tertiary/aromatic N) is 1. The monoisotopic (exact) mass is 186 g/mol. The van der Waals surface area contributed by atoms with E-state index in [0.717, 1.165) is 19.1 Å². The Labute approximate surface area is 83.7 Å². The summed E-state index contributed by atoms with van der Waals surface area (Å²) in [6.07, 6.45) is 3.76. The van der Waals surface area contributed by atoms with Crippen molar-refractivity contribution in [2.24, 2.45) is 0 Å². The highest BCUT2D eigenvalue weighted by Crippen LogP contribution is 2.04. The molecule has 13 heavy (non-hydrogen) atoms. The van der Waals surface area contributed by atoms with Crippen LogP contribution in [0, 0.1) is 0 Å². The van der Waals surface area contributed by atoms with Crippen LogP contribution < -0.4 is 5.32 Å². The summed E-state index contributed by atoms with van der Waals surface area (Å²) < 4.78 is 0. The molecule has 80 valence electrons. The molecule has 1 N–H and O–H groups in total. The van der Waals surface area contributed by atoms with Crippen molar-refractivity contribution in [2.45, 2.75) is 46.1 Å². The standard InChI is InChI=1S/C11H26N2/c1-5-8-12-9-10-13(4)11(6-2)7-3/h11-12H,5-10H2,1-4H3. The molecule has 0 aliphatic carbocycles. The van der Waals surface area contributed by atoms with E-state index < -0.39 is 0 Å². The molecule has 0 bridgehead atoms. The molecule has 0 heterocycles. The Balaban J connectivity index is 3.42. The first kappa shape index (κ1) is 12.9. The van der Waals surface area contributed by atoms with E-state index in [4.69, 9.17) is 0 Å². The van der Waals surface area contributed by atoms with E-state index in [-0.39, 0.29) is 0 Å².